The number of benzene rings is 2. The number of carbonyl (C=O) groups is 2. The van der Waals surface area contributed by atoms with Crippen LogP contribution in [0.25, 0.3) is 10.9 Å². The van der Waals surface area contributed by atoms with Crippen molar-refractivity contribution >= 4 is 22.7 Å². The Bertz CT molecular complexity index is 1080. The average molecular weight is 408 g/mol. The molecule has 2 amide bonds. The maximum Gasteiger partial charge on any atom is 0.242 e. The molecule has 4 rings (SSSR count). The number of hydrogen-bond acceptors (Lipinski definition) is 3. The number of amides is 2. The van der Waals surface area contributed by atoms with Crippen molar-refractivity contribution in [3.8, 4) is 0 Å². The fourth-order valence-electron chi connectivity index (χ4n) is 4.00. The van der Waals surface area contributed by atoms with E-state index >= 15 is 0 Å². The molecule has 0 bridgehead atoms. The summed E-state index contributed by atoms with van der Waals surface area (Å²) in [6.07, 6.45) is 3.37. The number of rotatable bonds is 7. The van der Waals surface area contributed by atoms with Gasteiger partial charge in [-0.05, 0) is 37.5 Å². The Morgan fingerprint density at radius 3 is 2.90 bits per heavy atom. The van der Waals surface area contributed by atoms with E-state index in [4.69, 9.17) is 0 Å². The molecule has 30 heavy (non-hydrogen) atoms. The predicted octanol–water partition coefficient (Wildman–Crippen LogP) is 3.18. The second kappa shape index (κ2) is 8.65. The molecule has 0 saturated carbocycles. The second-order valence-electron chi connectivity index (χ2n) is 7.69. The highest BCUT2D eigenvalue weighted by atomic mass is 19.1. The smallest absolute Gasteiger partial charge is 0.242 e. The van der Waals surface area contributed by atoms with Crippen LogP contribution in [0.3, 0.4) is 0 Å². The van der Waals surface area contributed by atoms with E-state index < -0.39 is 6.04 Å². The molecule has 1 aliphatic heterocycles. The predicted molar refractivity (Wildman–Crippen MR) is 112 cm³/mol. The Kier molecular flexibility index (Phi) is 5.79. The summed E-state index contributed by atoms with van der Waals surface area (Å²) in [6.45, 7) is 3.35. The minimum Gasteiger partial charge on any atom is -0.354 e. The van der Waals surface area contributed by atoms with Crippen LogP contribution >= 0.6 is 0 Å². The number of fused-ring (bicyclic) bond motifs is 1. The van der Waals surface area contributed by atoms with Crippen LogP contribution in [0.1, 0.15) is 30.4 Å². The highest BCUT2D eigenvalue weighted by Gasteiger charge is 2.36. The molecule has 0 aliphatic carbocycles. The molecular formula is C23H25FN4O2. The summed E-state index contributed by atoms with van der Waals surface area (Å²) in [5.41, 5.74) is 2.69. The van der Waals surface area contributed by atoms with Gasteiger partial charge in [-0.2, -0.15) is 5.10 Å². The van der Waals surface area contributed by atoms with Gasteiger partial charge in [0.1, 0.15) is 11.9 Å². The SMILES string of the molecule is Cc1cccc2c1cnn2CCCNC(=O)C1CCC(=O)N1Cc1ccccc1F. The Hall–Kier alpha value is -3.22. The second-order valence-corrected chi connectivity index (χ2v) is 7.69. The summed E-state index contributed by atoms with van der Waals surface area (Å²) in [5.74, 6) is -0.659. The number of nitrogens with zero attached hydrogens (tertiary/aromatic N) is 3. The van der Waals surface area contributed by atoms with Gasteiger partial charge in [0.2, 0.25) is 11.8 Å². The van der Waals surface area contributed by atoms with E-state index in [0.717, 1.165) is 17.3 Å². The lowest BCUT2D eigenvalue weighted by atomic mass is 10.1. The standard InChI is InChI=1S/C23H25FN4O2/c1-16-6-4-9-20-18(16)14-26-28(20)13-5-12-25-23(30)21-10-11-22(29)27(21)15-17-7-2-3-8-19(17)24/h2-4,6-9,14,21H,5,10-13,15H2,1H3,(H,25,30). The first-order valence-electron chi connectivity index (χ1n) is 10.3. The fourth-order valence-corrected chi connectivity index (χ4v) is 4.00. The number of halogens is 1. The Morgan fingerprint density at radius 1 is 1.23 bits per heavy atom. The number of likely N-dealkylation sites (tertiary alicyclic amines) is 1. The molecule has 1 N–H and O–H groups in total. The van der Waals surface area contributed by atoms with Crippen molar-refractivity contribution in [2.24, 2.45) is 0 Å². The van der Waals surface area contributed by atoms with E-state index in [1.165, 1.54) is 16.5 Å². The molecule has 0 spiro atoms. The first kappa shape index (κ1) is 20.1. The van der Waals surface area contributed by atoms with E-state index in [0.29, 0.717) is 31.5 Å². The van der Waals surface area contributed by atoms with Crippen LogP contribution in [-0.2, 0) is 22.7 Å². The number of hydrogen-bond donors (Lipinski definition) is 1. The van der Waals surface area contributed by atoms with Gasteiger partial charge in [-0.15, -0.1) is 0 Å². The van der Waals surface area contributed by atoms with Gasteiger partial charge in [0.05, 0.1) is 11.7 Å². The van der Waals surface area contributed by atoms with Gasteiger partial charge in [0.15, 0.2) is 0 Å². The van der Waals surface area contributed by atoms with Crippen molar-refractivity contribution in [3.63, 3.8) is 0 Å². The van der Waals surface area contributed by atoms with Crippen LogP contribution in [0.5, 0.6) is 0 Å². The molecule has 0 radical (unpaired) electrons. The lowest BCUT2D eigenvalue weighted by Crippen LogP contribution is -2.44. The Balaban J connectivity index is 1.32. The minimum atomic E-state index is -0.551. The van der Waals surface area contributed by atoms with E-state index in [9.17, 15) is 14.0 Å². The monoisotopic (exact) mass is 408 g/mol. The molecule has 1 atom stereocenters. The number of aryl methyl sites for hydroxylation is 2. The van der Waals surface area contributed by atoms with Crippen LogP contribution < -0.4 is 5.32 Å². The molecular weight excluding hydrogens is 383 g/mol. The summed E-state index contributed by atoms with van der Waals surface area (Å²) >= 11 is 0. The normalized spacial score (nSPS) is 16.4. The number of nitrogens with one attached hydrogen (secondary N) is 1. The van der Waals surface area contributed by atoms with Crippen LogP contribution in [0, 0.1) is 12.7 Å². The molecule has 2 aromatic carbocycles. The molecule has 1 aromatic heterocycles. The van der Waals surface area contributed by atoms with Gasteiger partial charge in [-0.1, -0.05) is 30.3 Å². The van der Waals surface area contributed by atoms with Crippen molar-refractivity contribution in [2.45, 2.75) is 45.3 Å². The Morgan fingerprint density at radius 2 is 2.07 bits per heavy atom. The summed E-state index contributed by atoms with van der Waals surface area (Å²) in [6, 6.07) is 11.9. The average Bonchev–Trinajstić information content (AvgIpc) is 3.32. The minimum absolute atomic E-state index is 0.113. The van der Waals surface area contributed by atoms with E-state index in [-0.39, 0.29) is 24.2 Å². The lowest BCUT2D eigenvalue weighted by Gasteiger charge is -2.24. The van der Waals surface area contributed by atoms with E-state index in [2.05, 4.69) is 23.4 Å². The van der Waals surface area contributed by atoms with Gasteiger partial charge < -0.3 is 10.2 Å². The third-order valence-corrected chi connectivity index (χ3v) is 5.68. The topological polar surface area (TPSA) is 67.2 Å². The highest BCUT2D eigenvalue weighted by Crippen LogP contribution is 2.23. The van der Waals surface area contributed by atoms with Gasteiger partial charge >= 0.3 is 0 Å². The van der Waals surface area contributed by atoms with Gasteiger partial charge in [-0.25, -0.2) is 4.39 Å². The molecule has 1 unspecified atom stereocenters. The van der Waals surface area contributed by atoms with Crippen molar-refractivity contribution in [1.82, 2.24) is 20.0 Å². The first-order chi connectivity index (χ1) is 14.5. The maximum absolute atomic E-state index is 14.0. The highest BCUT2D eigenvalue weighted by molar-refractivity contribution is 5.90. The zero-order valence-corrected chi connectivity index (χ0v) is 17.0. The number of carbonyl (C=O) groups excluding carboxylic acids is 2. The van der Waals surface area contributed by atoms with Crippen LogP contribution in [-0.4, -0.2) is 39.1 Å². The van der Waals surface area contributed by atoms with E-state index in [1.807, 2.05) is 23.0 Å². The Labute approximate surface area is 174 Å². The zero-order valence-electron chi connectivity index (χ0n) is 17.0. The maximum atomic E-state index is 14.0. The van der Waals surface area contributed by atoms with Crippen LogP contribution in [0.2, 0.25) is 0 Å². The van der Waals surface area contributed by atoms with Gasteiger partial charge in [0.25, 0.3) is 0 Å². The molecule has 3 aromatic rings. The largest absolute Gasteiger partial charge is 0.354 e. The van der Waals surface area contributed by atoms with Crippen LogP contribution in [0.4, 0.5) is 4.39 Å². The van der Waals surface area contributed by atoms with Gasteiger partial charge in [0, 0.05) is 37.0 Å². The summed E-state index contributed by atoms with van der Waals surface area (Å²) in [4.78, 5) is 26.4. The quantitative estimate of drug-likeness (QED) is 0.611. The first-order valence-corrected chi connectivity index (χ1v) is 10.3. The third-order valence-electron chi connectivity index (χ3n) is 5.68. The molecule has 6 nitrogen and oxygen atoms in total. The van der Waals surface area contributed by atoms with Crippen molar-refractivity contribution < 1.29 is 14.0 Å². The lowest BCUT2D eigenvalue weighted by molar-refractivity contribution is -0.135. The van der Waals surface area contributed by atoms with Crippen molar-refractivity contribution in [2.75, 3.05) is 6.54 Å². The van der Waals surface area contributed by atoms with Crippen molar-refractivity contribution in [3.05, 3.63) is 65.6 Å². The molecule has 1 fully saturated rings. The molecule has 156 valence electrons. The molecule has 2 heterocycles. The zero-order chi connectivity index (χ0) is 21.1. The van der Waals surface area contributed by atoms with E-state index in [1.54, 1.807) is 18.2 Å². The fraction of sp³-hybridized carbons (Fsp3) is 0.348. The van der Waals surface area contributed by atoms with Crippen LogP contribution in [0.15, 0.2) is 48.7 Å². The molecule has 7 heteroatoms. The summed E-state index contributed by atoms with van der Waals surface area (Å²) in [7, 11) is 0. The molecule has 1 saturated heterocycles. The summed E-state index contributed by atoms with van der Waals surface area (Å²) < 4.78 is 15.9. The number of aromatic nitrogens is 2. The molecule has 1 aliphatic rings. The summed E-state index contributed by atoms with van der Waals surface area (Å²) in [5, 5.41) is 8.51. The van der Waals surface area contributed by atoms with Crippen molar-refractivity contribution in [1.29, 1.82) is 0 Å². The van der Waals surface area contributed by atoms with Gasteiger partial charge in [-0.3, -0.25) is 14.3 Å². The third kappa shape index (κ3) is 4.06.